The van der Waals surface area contributed by atoms with Gasteiger partial charge < -0.3 is 4.74 Å². The lowest BCUT2D eigenvalue weighted by atomic mass is 10.1. The summed E-state index contributed by atoms with van der Waals surface area (Å²) < 4.78 is 27.6. The summed E-state index contributed by atoms with van der Waals surface area (Å²) in [6, 6.07) is 0. The molecule has 0 aliphatic heterocycles. The molecule has 1 aliphatic carbocycles. The number of rotatable bonds is 6. The van der Waals surface area contributed by atoms with Gasteiger partial charge in [0.25, 0.3) is 0 Å². The first-order valence-corrected chi connectivity index (χ1v) is 7.09. The van der Waals surface area contributed by atoms with Gasteiger partial charge in [0.15, 0.2) is 9.84 Å². The van der Waals surface area contributed by atoms with Gasteiger partial charge in [-0.25, -0.2) is 8.42 Å². The van der Waals surface area contributed by atoms with Crippen molar-refractivity contribution >= 4 is 15.6 Å². The van der Waals surface area contributed by atoms with Crippen LogP contribution in [0.3, 0.4) is 0 Å². The fraction of sp³-hybridized carbons (Fsp3) is 0.900. The molecule has 1 aliphatic rings. The van der Waals surface area contributed by atoms with E-state index in [1.807, 2.05) is 0 Å². The Morgan fingerprint density at radius 3 is 2.67 bits per heavy atom. The van der Waals surface area contributed by atoms with Gasteiger partial charge in [0.05, 0.1) is 18.1 Å². The van der Waals surface area contributed by atoms with E-state index in [0.717, 1.165) is 12.8 Å². The van der Waals surface area contributed by atoms with Gasteiger partial charge in [-0.3, -0.25) is 4.79 Å². The molecule has 0 aromatic carbocycles. The Labute approximate surface area is 90.9 Å². The highest BCUT2D eigenvalue weighted by atomic mass is 32.2. The third kappa shape index (κ3) is 4.30. The fourth-order valence-corrected chi connectivity index (χ4v) is 3.10. The molecule has 4 nitrogen and oxygen atoms in total. The number of ketones is 1. The molecule has 88 valence electrons. The van der Waals surface area contributed by atoms with Crippen molar-refractivity contribution < 1.29 is 17.9 Å². The monoisotopic (exact) mass is 234 g/mol. The van der Waals surface area contributed by atoms with Crippen molar-refractivity contribution in [1.29, 1.82) is 0 Å². The zero-order chi connectivity index (χ0) is 11.3. The second kappa shape index (κ2) is 5.61. The quantitative estimate of drug-likeness (QED) is 0.682. The summed E-state index contributed by atoms with van der Waals surface area (Å²) in [4.78, 5) is 11.3. The third-order valence-electron chi connectivity index (χ3n) is 2.81. The number of carbonyl (C=O) groups excluding carboxylic acids is 1. The second-order valence-electron chi connectivity index (χ2n) is 3.99. The topological polar surface area (TPSA) is 60.4 Å². The molecule has 0 saturated heterocycles. The van der Waals surface area contributed by atoms with E-state index in [-0.39, 0.29) is 29.8 Å². The first kappa shape index (κ1) is 12.6. The van der Waals surface area contributed by atoms with Crippen LogP contribution in [0.2, 0.25) is 0 Å². The lowest BCUT2D eigenvalue weighted by molar-refractivity contribution is -0.120. The van der Waals surface area contributed by atoms with Crippen LogP contribution in [0.25, 0.3) is 0 Å². The average Bonchev–Trinajstić information content (AvgIpc) is 2.58. The Balaban J connectivity index is 2.32. The van der Waals surface area contributed by atoms with E-state index in [4.69, 9.17) is 4.74 Å². The normalized spacial score (nSPS) is 22.2. The molecule has 0 heterocycles. The number of sulfone groups is 1. The van der Waals surface area contributed by atoms with Crippen LogP contribution < -0.4 is 0 Å². The molecule has 1 unspecified atom stereocenters. The van der Waals surface area contributed by atoms with Crippen LogP contribution in [0.4, 0.5) is 0 Å². The first-order chi connectivity index (χ1) is 7.05. The van der Waals surface area contributed by atoms with Gasteiger partial charge in [-0.2, -0.15) is 0 Å². The number of Topliss-reactive ketones (excluding diaryl/α,β-unsaturated/α-hetero) is 1. The van der Waals surface area contributed by atoms with Gasteiger partial charge in [-0.15, -0.1) is 0 Å². The Hall–Kier alpha value is -0.420. The van der Waals surface area contributed by atoms with E-state index in [0.29, 0.717) is 12.8 Å². The molecule has 1 atom stereocenters. The van der Waals surface area contributed by atoms with Crippen molar-refractivity contribution in [1.82, 2.24) is 0 Å². The van der Waals surface area contributed by atoms with Crippen molar-refractivity contribution in [3.8, 4) is 0 Å². The molecule has 0 aromatic heterocycles. The molecule has 5 heteroatoms. The molecule has 1 rings (SSSR count). The van der Waals surface area contributed by atoms with Crippen LogP contribution in [-0.4, -0.2) is 39.4 Å². The summed E-state index contributed by atoms with van der Waals surface area (Å²) in [5.41, 5.74) is 0. The maximum absolute atomic E-state index is 11.5. The summed E-state index contributed by atoms with van der Waals surface area (Å²) in [6.45, 7) is 0.237. The van der Waals surface area contributed by atoms with Crippen LogP contribution in [0.5, 0.6) is 0 Å². The van der Waals surface area contributed by atoms with Gasteiger partial charge in [0.2, 0.25) is 0 Å². The Bertz CT molecular complexity index is 307. The molecule has 0 aromatic rings. The van der Waals surface area contributed by atoms with E-state index in [1.165, 1.54) is 7.11 Å². The molecule has 0 N–H and O–H groups in total. The van der Waals surface area contributed by atoms with Crippen LogP contribution in [-0.2, 0) is 19.4 Å². The van der Waals surface area contributed by atoms with Crippen molar-refractivity contribution in [3.05, 3.63) is 0 Å². The zero-order valence-corrected chi connectivity index (χ0v) is 9.88. The van der Waals surface area contributed by atoms with Crippen LogP contribution in [0, 0.1) is 5.92 Å². The van der Waals surface area contributed by atoms with Gasteiger partial charge >= 0.3 is 0 Å². The summed E-state index contributed by atoms with van der Waals surface area (Å²) in [5, 5.41) is 0. The van der Waals surface area contributed by atoms with E-state index in [1.54, 1.807) is 0 Å². The minimum atomic E-state index is -3.03. The largest absolute Gasteiger partial charge is 0.384 e. The summed E-state index contributed by atoms with van der Waals surface area (Å²) in [6.07, 6.45) is 2.90. The molecule has 0 spiro atoms. The van der Waals surface area contributed by atoms with Crippen molar-refractivity contribution in [2.75, 3.05) is 25.2 Å². The van der Waals surface area contributed by atoms with Crippen LogP contribution in [0.15, 0.2) is 0 Å². The number of ether oxygens (including phenoxy) is 1. The highest BCUT2D eigenvalue weighted by Gasteiger charge is 2.25. The van der Waals surface area contributed by atoms with Gasteiger partial charge in [0, 0.05) is 19.4 Å². The number of methoxy groups -OCH3 is 1. The van der Waals surface area contributed by atoms with E-state index in [2.05, 4.69) is 0 Å². The molecular weight excluding hydrogens is 216 g/mol. The highest BCUT2D eigenvalue weighted by molar-refractivity contribution is 7.91. The minimum Gasteiger partial charge on any atom is -0.384 e. The zero-order valence-electron chi connectivity index (χ0n) is 9.07. The Kier molecular flexibility index (Phi) is 4.73. The van der Waals surface area contributed by atoms with Crippen molar-refractivity contribution in [3.63, 3.8) is 0 Å². The molecule has 15 heavy (non-hydrogen) atoms. The van der Waals surface area contributed by atoms with Crippen molar-refractivity contribution in [2.24, 2.45) is 5.92 Å². The van der Waals surface area contributed by atoms with Gasteiger partial charge in [-0.1, -0.05) is 0 Å². The molecule has 1 fully saturated rings. The predicted molar refractivity (Wildman–Crippen MR) is 57.5 cm³/mol. The fourth-order valence-electron chi connectivity index (χ4n) is 1.83. The van der Waals surface area contributed by atoms with E-state index < -0.39 is 9.84 Å². The highest BCUT2D eigenvalue weighted by Crippen LogP contribution is 2.24. The molecule has 0 radical (unpaired) electrons. The average molecular weight is 234 g/mol. The van der Waals surface area contributed by atoms with Crippen LogP contribution in [0.1, 0.15) is 25.7 Å². The minimum absolute atomic E-state index is 0.0117. The number of hydrogen-bond donors (Lipinski definition) is 0. The number of hydrogen-bond acceptors (Lipinski definition) is 4. The Morgan fingerprint density at radius 1 is 1.40 bits per heavy atom. The van der Waals surface area contributed by atoms with Gasteiger partial charge in [0.1, 0.15) is 5.78 Å². The van der Waals surface area contributed by atoms with Crippen molar-refractivity contribution in [2.45, 2.75) is 25.7 Å². The smallest absolute Gasteiger partial charge is 0.152 e. The molecular formula is C10H18O4S. The SMILES string of the molecule is COCCS(=O)(=O)CCC1CCCC1=O. The predicted octanol–water partition coefficient (Wildman–Crippen LogP) is 0.807. The van der Waals surface area contributed by atoms with E-state index in [9.17, 15) is 13.2 Å². The summed E-state index contributed by atoms with van der Waals surface area (Å²) in [5.74, 6) is 0.399. The molecule has 0 amide bonds. The lowest BCUT2D eigenvalue weighted by Crippen LogP contribution is -2.18. The molecule has 1 saturated carbocycles. The summed E-state index contributed by atoms with van der Waals surface area (Å²) >= 11 is 0. The van der Waals surface area contributed by atoms with Gasteiger partial charge in [-0.05, 0) is 19.3 Å². The maximum atomic E-state index is 11.5. The lowest BCUT2D eigenvalue weighted by Gasteiger charge is -2.07. The molecule has 0 bridgehead atoms. The summed E-state index contributed by atoms with van der Waals surface area (Å²) in [7, 11) is -1.55. The van der Waals surface area contributed by atoms with Crippen LogP contribution >= 0.6 is 0 Å². The third-order valence-corrected chi connectivity index (χ3v) is 4.45. The second-order valence-corrected chi connectivity index (χ2v) is 6.29. The maximum Gasteiger partial charge on any atom is 0.152 e. The standard InChI is InChI=1S/C10H18O4S/c1-14-6-8-15(12,13)7-5-9-3-2-4-10(9)11/h9H,2-8H2,1H3. The number of carbonyl (C=O) groups is 1. The first-order valence-electron chi connectivity index (χ1n) is 5.27. The Morgan fingerprint density at radius 2 is 2.13 bits per heavy atom. The van der Waals surface area contributed by atoms with E-state index >= 15 is 0 Å².